The molecule has 0 spiro atoms. The molecule has 3 aromatic heterocycles. The van der Waals surface area contributed by atoms with E-state index in [9.17, 15) is 0 Å². The van der Waals surface area contributed by atoms with E-state index >= 15 is 0 Å². The van der Waals surface area contributed by atoms with E-state index in [1.54, 1.807) is 11.8 Å². The lowest BCUT2D eigenvalue weighted by Crippen LogP contribution is -2.06. The molecule has 0 atom stereocenters. The molecule has 0 saturated carbocycles. The highest BCUT2D eigenvalue weighted by atomic mass is 32.2. The second kappa shape index (κ2) is 16.2. The molecular formula is C54H35N7S. The smallest absolute Gasteiger partial charge is 0.238 e. The van der Waals surface area contributed by atoms with E-state index in [0.29, 0.717) is 35.1 Å². The fourth-order valence-corrected chi connectivity index (χ4v) is 8.81. The fraction of sp³-hybridized carbons (Fsp3) is 0. The SMILES string of the molecule is c1ccc(-c2nc(-c3ccccc3)nc(-c3ccc(Sc4ccccc4-c4nc(-c5ccccc5)nc(-n5c6ccccc6c6c(-c7ccccc7)cccc65)n4)cc3)n2)cc1. The van der Waals surface area contributed by atoms with Crippen molar-refractivity contribution in [2.24, 2.45) is 0 Å². The molecule has 62 heavy (non-hydrogen) atoms. The zero-order valence-electron chi connectivity index (χ0n) is 33.2. The van der Waals surface area contributed by atoms with Gasteiger partial charge in [-0.1, -0.05) is 194 Å². The van der Waals surface area contributed by atoms with Crippen molar-refractivity contribution in [3.8, 4) is 74.0 Å². The summed E-state index contributed by atoms with van der Waals surface area (Å²) in [7, 11) is 0. The largest absolute Gasteiger partial charge is 0.278 e. The predicted molar refractivity (Wildman–Crippen MR) is 251 cm³/mol. The summed E-state index contributed by atoms with van der Waals surface area (Å²) >= 11 is 1.66. The van der Waals surface area contributed by atoms with Crippen molar-refractivity contribution in [1.82, 2.24) is 34.5 Å². The maximum Gasteiger partial charge on any atom is 0.238 e. The van der Waals surface area contributed by atoms with Crippen LogP contribution in [-0.2, 0) is 0 Å². The molecule has 11 rings (SSSR count). The number of aromatic nitrogens is 7. The number of hydrogen-bond donors (Lipinski definition) is 0. The Morgan fingerprint density at radius 2 is 0.742 bits per heavy atom. The summed E-state index contributed by atoms with van der Waals surface area (Å²) in [5, 5.41) is 2.29. The van der Waals surface area contributed by atoms with E-state index in [4.69, 9.17) is 29.9 Å². The molecule has 8 heteroatoms. The Morgan fingerprint density at radius 1 is 0.306 bits per heavy atom. The Hall–Kier alpha value is -8.07. The number of benzene rings is 8. The van der Waals surface area contributed by atoms with Crippen LogP contribution in [-0.4, -0.2) is 34.5 Å². The Morgan fingerprint density at radius 3 is 1.35 bits per heavy atom. The van der Waals surface area contributed by atoms with Crippen molar-refractivity contribution in [1.29, 1.82) is 0 Å². The lowest BCUT2D eigenvalue weighted by atomic mass is 9.99. The van der Waals surface area contributed by atoms with Gasteiger partial charge >= 0.3 is 0 Å². The second-order valence-electron chi connectivity index (χ2n) is 14.7. The van der Waals surface area contributed by atoms with Crippen molar-refractivity contribution in [3.05, 3.63) is 212 Å². The molecule has 0 fully saturated rings. The average Bonchev–Trinajstić information content (AvgIpc) is 3.70. The van der Waals surface area contributed by atoms with E-state index in [0.717, 1.165) is 70.5 Å². The quantitative estimate of drug-likeness (QED) is 0.143. The minimum Gasteiger partial charge on any atom is -0.278 e. The van der Waals surface area contributed by atoms with Crippen LogP contribution in [0.4, 0.5) is 0 Å². The molecule has 0 radical (unpaired) electrons. The molecule has 0 aliphatic carbocycles. The first kappa shape index (κ1) is 37.0. The van der Waals surface area contributed by atoms with Gasteiger partial charge < -0.3 is 0 Å². The van der Waals surface area contributed by atoms with Gasteiger partial charge in [0.1, 0.15) is 0 Å². The van der Waals surface area contributed by atoms with Crippen LogP contribution in [0.1, 0.15) is 0 Å². The fourth-order valence-electron chi connectivity index (χ4n) is 7.87. The lowest BCUT2D eigenvalue weighted by Gasteiger charge is -2.13. The third kappa shape index (κ3) is 7.08. The van der Waals surface area contributed by atoms with Gasteiger partial charge in [-0.05, 0) is 41.5 Å². The zero-order chi connectivity index (χ0) is 41.2. The molecule has 0 bridgehead atoms. The van der Waals surface area contributed by atoms with Gasteiger partial charge in [0.15, 0.2) is 29.1 Å². The summed E-state index contributed by atoms with van der Waals surface area (Å²) in [6.07, 6.45) is 0. The van der Waals surface area contributed by atoms with E-state index in [1.165, 1.54) is 0 Å². The normalized spacial score (nSPS) is 11.3. The van der Waals surface area contributed by atoms with E-state index in [1.807, 2.05) is 97.1 Å². The summed E-state index contributed by atoms with van der Waals surface area (Å²) in [6, 6.07) is 72.4. The highest BCUT2D eigenvalue weighted by molar-refractivity contribution is 7.99. The standard InChI is InChI=1S/C54H35N7S/c1-5-18-36(19-6-1)42-28-17-30-46-48(42)43-26-13-15-29-45(43)61(46)54-59-52(39-24-11-4-12-25-39)58-53(60-54)44-27-14-16-31-47(44)62-41-34-32-40(33-35-41)51-56-49(37-20-7-2-8-21-37)55-50(57-51)38-22-9-3-10-23-38/h1-35H. The number of nitrogens with zero attached hydrogens (tertiary/aromatic N) is 7. The molecule has 0 unspecified atom stereocenters. The number of hydrogen-bond acceptors (Lipinski definition) is 7. The van der Waals surface area contributed by atoms with Crippen molar-refractivity contribution in [2.75, 3.05) is 0 Å². The van der Waals surface area contributed by atoms with Crippen LogP contribution in [0.15, 0.2) is 222 Å². The summed E-state index contributed by atoms with van der Waals surface area (Å²) in [5.74, 6) is 3.61. The van der Waals surface area contributed by atoms with Gasteiger partial charge in [-0.2, -0.15) is 9.97 Å². The molecule has 11 aromatic rings. The van der Waals surface area contributed by atoms with Crippen LogP contribution in [0.5, 0.6) is 0 Å². The van der Waals surface area contributed by atoms with Crippen molar-refractivity contribution in [3.63, 3.8) is 0 Å². The first-order valence-corrected chi connectivity index (χ1v) is 21.2. The molecule has 0 N–H and O–H groups in total. The van der Waals surface area contributed by atoms with Crippen LogP contribution in [0.3, 0.4) is 0 Å². The van der Waals surface area contributed by atoms with Gasteiger partial charge in [0.05, 0.1) is 11.0 Å². The highest BCUT2D eigenvalue weighted by Crippen LogP contribution is 2.40. The van der Waals surface area contributed by atoms with Gasteiger partial charge in [-0.3, -0.25) is 4.57 Å². The molecule has 292 valence electrons. The Kier molecular flexibility index (Phi) is 9.65. The maximum absolute atomic E-state index is 5.30. The van der Waals surface area contributed by atoms with E-state index in [2.05, 4.69) is 120 Å². The van der Waals surface area contributed by atoms with Gasteiger partial charge in [0, 0.05) is 48.4 Å². The van der Waals surface area contributed by atoms with Crippen molar-refractivity contribution >= 4 is 33.6 Å². The molecule has 3 heterocycles. The predicted octanol–water partition coefficient (Wildman–Crippen LogP) is 13.3. The summed E-state index contributed by atoms with van der Waals surface area (Å²) < 4.78 is 2.18. The first-order chi connectivity index (χ1) is 30.7. The van der Waals surface area contributed by atoms with Gasteiger partial charge in [0.2, 0.25) is 5.95 Å². The molecule has 0 aliphatic heterocycles. The maximum atomic E-state index is 5.30. The molecule has 0 aliphatic rings. The second-order valence-corrected chi connectivity index (χ2v) is 15.8. The molecule has 0 amide bonds. The Bertz CT molecular complexity index is 3300. The molecule has 7 nitrogen and oxygen atoms in total. The van der Waals surface area contributed by atoms with Crippen molar-refractivity contribution < 1.29 is 0 Å². The minimum absolute atomic E-state index is 0.552. The Balaban J connectivity index is 1.00. The van der Waals surface area contributed by atoms with Crippen molar-refractivity contribution in [2.45, 2.75) is 9.79 Å². The average molecular weight is 814 g/mol. The third-order valence-corrected chi connectivity index (χ3v) is 11.9. The monoisotopic (exact) mass is 813 g/mol. The van der Waals surface area contributed by atoms with E-state index < -0.39 is 0 Å². The van der Waals surface area contributed by atoms with Crippen LogP contribution in [0.2, 0.25) is 0 Å². The third-order valence-electron chi connectivity index (χ3n) is 10.8. The molecular weight excluding hydrogens is 779 g/mol. The van der Waals surface area contributed by atoms with E-state index in [-0.39, 0.29) is 0 Å². The Labute approximate surface area is 362 Å². The molecule has 0 saturated heterocycles. The molecule has 8 aromatic carbocycles. The van der Waals surface area contributed by atoms with Gasteiger partial charge in [0.25, 0.3) is 0 Å². The summed E-state index contributed by atoms with van der Waals surface area (Å²) in [4.78, 5) is 32.5. The minimum atomic E-state index is 0.552. The zero-order valence-corrected chi connectivity index (χ0v) is 34.1. The van der Waals surface area contributed by atoms with Gasteiger partial charge in [-0.25, -0.2) is 19.9 Å². The van der Waals surface area contributed by atoms with Crippen LogP contribution >= 0.6 is 11.8 Å². The lowest BCUT2D eigenvalue weighted by molar-refractivity contribution is 0.951. The van der Waals surface area contributed by atoms with Crippen LogP contribution < -0.4 is 0 Å². The van der Waals surface area contributed by atoms with Gasteiger partial charge in [-0.15, -0.1) is 0 Å². The van der Waals surface area contributed by atoms with Crippen LogP contribution in [0.25, 0.3) is 95.8 Å². The topological polar surface area (TPSA) is 82.3 Å². The number of para-hydroxylation sites is 1. The van der Waals surface area contributed by atoms with Crippen LogP contribution in [0, 0.1) is 0 Å². The number of fused-ring (bicyclic) bond motifs is 3. The summed E-state index contributed by atoms with van der Waals surface area (Å²) in [5.41, 5.74) is 8.95. The number of rotatable bonds is 9. The summed E-state index contributed by atoms with van der Waals surface area (Å²) in [6.45, 7) is 0. The first-order valence-electron chi connectivity index (χ1n) is 20.4. The highest BCUT2D eigenvalue weighted by Gasteiger charge is 2.21.